The molecule has 2 N–H and O–H groups in total. The summed E-state index contributed by atoms with van der Waals surface area (Å²) in [7, 11) is 0. The van der Waals surface area contributed by atoms with E-state index in [2.05, 4.69) is 0 Å². The fourth-order valence-electron chi connectivity index (χ4n) is 2.73. The number of hydrogen-bond acceptors (Lipinski definition) is 9. The van der Waals surface area contributed by atoms with Gasteiger partial charge >= 0.3 is 11.9 Å². The Hall–Kier alpha value is -2.10. The van der Waals surface area contributed by atoms with Crippen LogP contribution in [-0.4, -0.2) is 54.8 Å². The van der Waals surface area contributed by atoms with Gasteiger partial charge in [-0.15, -0.1) is 0 Å². The Morgan fingerprint density at radius 1 is 1.15 bits per heavy atom. The van der Waals surface area contributed by atoms with Crippen molar-refractivity contribution in [3.8, 4) is 0 Å². The van der Waals surface area contributed by atoms with E-state index >= 15 is 0 Å². The quantitative estimate of drug-likeness (QED) is 0.411. The van der Waals surface area contributed by atoms with Crippen molar-refractivity contribution in [2.75, 3.05) is 6.61 Å². The topological polar surface area (TPSA) is 114 Å². The SMILES string of the molecule is CC(=O)OC1C(COC=O)OC(Sc2ccc(C)cc2)C(OC(C)=O)C1N. The zero-order valence-electron chi connectivity index (χ0n) is 15.3. The Bertz CT molecular complexity index is 666. The van der Waals surface area contributed by atoms with Gasteiger partial charge in [-0.2, -0.15) is 0 Å². The van der Waals surface area contributed by atoms with Crippen LogP contribution in [0, 0.1) is 6.92 Å². The van der Waals surface area contributed by atoms with Crippen LogP contribution < -0.4 is 5.73 Å². The van der Waals surface area contributed by atoms with Crippen molar-refractivity contribution in [3.05, 3.63) is 29.8 Å². The van der Waals surface area contributed by atoms with Gasteiger partial charge in [0, 0.05) is 18.7 Å². The molecule has 0 aromatic heterocycles. The van der Waals surface area contributed by atoms with E-state index in [0.717, 1.165) is 10.5 Å². The van der Waals surface area contributed by atoms with Crippen molar-refractivity contribution >= 4 is 30.2 Å². The number of nitrogens with two attached hydrogens (primary N) is 1. The molecule has 5 atom stereocenters. The molecule has 0 bridgehead atoms. The van der Waals surface area contributed by atoms with Crippen molar-refractivity contribution in [2.45, 2.75) is 55.5 Å². The van der Waals surface area contributed by atoms with E-state index in [0.29, 0.717) is 0 Å². The summed E-state index contributed by atoms with van der Waals surface area (Å²) in [5.41, 5.74) is 6.69. The third-order valence-corrected chi connectivity index (χ3v) is 5.06. The summed E-state index contributed by atoms with van der Waals surface area (Å²) in [5, 5.41) is 0. The van der Waals surface area contributed by atoms with Crippen LogP contribution >= 0.6 is 11.8 Å². The van der Waals surface area contributed by atoms with Crippen LogP contribution in [0.4, 0.5) is 0 Å². The maximum Gasteiger partial charge on any atom is 0.303 e. The molecule has 1 aliphatic heterocycles. The van der Waals surface area contributed by atoms with E-state index in [1.807, 2.05) is 31.2 Å². The standard InChI is InChI=1S/C18H23NO7S/c1-10-4-6-13(7-5-10)27-18-17(25-12(3)22)15(19)16(24-11(2)21)14(26-18)8-23-9-20/h4-7,9,14-18H,8,19H2,1-3H3. The summed E-state index contributed by atoms with van der Waals surface area (Å²) < 4.78 is 21.4. The first kappa shape index (κ1) is 21.2. The Morgan fingerprint density at radius 3 is 2.30 bits per heavy atom. The number of carbonyl (C=O) groups is 3. The molecule has 2 rings (SSSR count). The molecule has 5 unspecified atom stereocenters. The molecule has 0 saturated carbocycles. The minimum atomic E-state index is -0.929. The fourth-order valence-corrected chi connectivity index (χ4v) is 3.86. The van der Waals surface area contributed by atoms with E-state index in [9.17, 15) is 14.4 Å². The molecule has 0 spiro atoms. The molecule has 9 heteroatoms. The van der Waals surface area contributed by atoms with Crippen molar-refractivity contribution in [2.24, 2.45) is 5.73 Å². The molecule has 0 amide bonds. The fraction of sp³-hybridized carbons (Fsp3) is 0.500. The average molecular weight is 397 g/mol. The molecule has 148 valence electrons. The van der Waals surface area contributed by atoms with Gasteiger partial charge in [-0.3, -0.25) is 14.4 Å². The normalized spacial score (nSPS) is 27.5. The van der Waals surface area contributed by atoms with Gasteiger partial charge in [0.05, 0.1) is 6.04 Å². The summed E-state index contributed by atoms with van der Waals surface area (Å²) in [6.45, 7) is 4.60. The Balaban J connectivity index is 2.27. The van der Waals surface area contributed by atoms with E-state index in [4.69, 9.17) is 24.7 Å². The molecule has 1 aromatic carbocycles. The van der Waals surface area contributed by atoms with Crippen LogP contribution in [0.5, 0.6) is 0 Å². The van der Waals surface area contributed by atoms with Gasteiger partial charge in [-0.05, 0) is 19.1 Å². The second kappa shape index (κ2) is 9.72. The molecule has 1 aliphatic rings. The minimum absolute atomic E-state index is 0.146. The van der Waals surface area contributed by atoms with Gasteiger partial charge < -0.3 is 24.7 Å². The van der Waals surface area contributed by atoms with Crippen molar-refractivity contribution in [1.82, 2.24) is 0 Å². The Labute approximate surface area is 161 Å². The number of thioether (sulfide) groups is 1. The first-order chi connectivity index (χ1) is 12.8. The first-order valence-corrected chi connectivity index (χ1v) is 9.24. The number of hydrogen-bond donors (Lipinski definition) is 1. The van der Waals surface area contributed by atoms with E-state index in [-0.39, 0.29) is 13.1 Å². The second-order valence-electron chi connectivity index (χ2n) is 6.13. The third kappa shape index (κ3) is 5.95. The maximum absolute atomic E-state index is 11.6. The molecule has 0 radical (unpaired) electrons. The van der Waals surface area contributed by atoms with Gasteiger partial charge in [0.15, 0.2) is 6.10 Å². The monoisotopic (exact) mass is 397 g/mol. The summed E-state index contributed by atoms with van der Waals surface area (Å²) in [6.07, 6.45) is -2.57. The largest absolute Gasteiger partial charge is 0.465 e. The van der Waals surface area contributed by atoms with Crippen LogP contribution in [-0.2, 0) is 33.3 Å². The Kier molecular flexibility index (Phi) is 7.64. The van der Waals surface area contributed by atoms with Gasteiger partial charge in [-0.25, -0.2) is 0 Å². The van der Waals surface area contributed by atoms with E-state index < -0.39 is 41.7 Å². The number of esters is 2. The zero-order valence-corrected chi connectivity index (χ0v) is 16.1. The molecule has 8 nitrogen and oxygen atoms in total. The summed E-state index contributed by atoms with van der Waals surface area (Å²) in [5.74, 6) is -1.10. The van der Waals surface area contributed by atoms with E-state index in [1.165, 1.54) is 25.6 Å². The van der Waals surface area contributed by atoms with Gasteiger partial charge in [0.2, 0.25) is 0 Å². The predicted molar refractivity (Wildman–Crippen MR) is 96.8 cm³/mol. The number of rotatable bonds is 7. The van der Waals surface area contributed by atoms with Crippen LogP contribution in [0.2, 0.25) is 0 Å². The lowest BCUT2D eigenvalue weighted by molar-refractivity contribution is -0.199. The summed E-state index contributed by atoms with van der Waals surface area (Å²) in [4.78, 5) is 34.5. The lowest BCUT2D eigenvalue weighted by atomic mass is 9.97. The summed E-state index contributed by atoms with van der Waals surface area (Å²) >= 11 is 1.32. The van der Waals surface area contributed by atoms with Crippen molar-refractivity contribution in [3.63, 3.8) is 0 Å². The van der Waals surface area contributed by atoms with Crippen LogP contribution in [0.15, 0.2) is 29.2 Å². The van der Waals surface area contributed by atoms with Gasteiger partial charge in [-0.1, -0.05) is 29.5 Å². The molecule has 27 heavy (non-hydrogen) atoms. The van der Waals surface area contributed by atoms with Crippen molar-refractivity contribution in [1.29, 1.82) is 0 Å². The number of benzene rings is 1. The Morgan fingerprint density at radius 2 is 1.74 bits per heavy atom. The maximum atomic E-state index is 11.6. The molecular formula is C18H23NO7S. The van der Waals surface area contributed by atoms with E-state index in [1.54, 1.807) is 0 Å². The predicted octanol–water partition coefficient (Wildman–Crippen LogP) is 1.18. The highest BCUT2D eigenvalue weighted by atomic mass is 32.2. The highest BCUT2D eigenvalue weighted by Gasteiger charge is 2.48. The number of carbonyl (C=O) groups excluding carboxylic acids is 3. The molecule has 1 saturated heterocycles. The highest BCUT2D eigenvalue weighted by Crippen LogP contribution is 2.35. The lowest BCUT2D eigenvalue weighted by Crippen LogP contribution is -2.63. The van der Waals surface area contributed by atoms with Crippen LogP contribution in [0.3, 0.4) is 0 Å². The van der Waals surface area contributed by atoms with Crippen molar-refractivity contribution < 1.29 is 33.3 Å². The smallest absolute Gasteiger partial charge is 0.303 e. The summed E-state index contributed by atoms with van der Waals surface area (Å²) in [6, 6.07) is 6.86. The minimum Gasteiger partial charge on any atom is -0.465 e. The average Bonchev–Trinajstić information content (AvgIpc) is 2.60. The first-order valence-electron chi connectivity index (χ1n) is 8.36. The molecular weight excluding hydrogens is 374 g/mol. The molecule has 1 aromatic rings. The highest BCUT2D eigenvalue weighted by molar-refractivity contribution is 7.99. The van der Waals surface area contributed by atoms with Gasteiger partial charge in [0.25, 0.3) is 6.47 Å². The lowest BCUT2D eigenvalue weighted by Gasteiger charge is -2.43. The second-order valence-corrected chi connectivity index (χ2v) is 7.30. The number of aryl methyl sites for hydroxylation is 1. The number of ether oxygens (including phenoxy) is 4. The van der Waals surface area contributed by atoms with Gasteiger partial charge in [0.1, 0.15) is 24.3 Å². The molecule has 0 aliphatic carbocycles. The molecule has 1 heterocycles. The zero-order chi connectivity index (χ0) is 20.0. The molecule has 1 fully saturated rings. The van der Waals surface area contributed by atoms with Crippen LogP contribution in [0.1, 0.15) is 19.4 Å². The van der Waals surface area contributed by atoms with Crippen LogP contribution in [0.25, 0.3) is 0 Å². The third-order valence-electron chi connectivity index (χ3n) is 3.91.